The molecular weight excluding hydrogens is 154 g/mol. The fourth-order valence-electron chi connectivity index (χ4n) is 1.00. The van der Waals surface area contributed by atoms with Crippen LogP contribution in [0.4, 0.5) is 0 Å². The van der Waals surface area contributed by atoms with Crippen molar-refractivity contribution >= 4 is 6.47 Å². The van der Waals surface area contributed by atoms with E-state index in [0.29, 0.717) is 25.0 Å². The molecule has 0 aliphatic carbocycles. The maximum absolute atomic E-state index is 9.97. The Hall–Kier alpha value is -0.570. The molecule has 0 spiro atoms. The number of ether oxygens (including phenoxy) is 1. The van der Waals surface area contributed by atoms with Crippen molar-refractivity contribution in [3.05, 3.63) is 0 Å². The molecule has 0 aliphatic rings. The molecule has 3 nitrogen and oxygen atoms in total. The zero-order valence-corrected chi connectivity index (χ0v) is 8.33. The SMILES string of the molecule is CC(C)N[C@@H](COC=O)C(C)C. The van der Waals surface area contributed by atoms with Crippen molar-refractivity contribution in [2.75, 3.05) is 6.61 Å². The second kappa shape index (κ2) is 6.00. The minimum Gasteiger partial charge on any atom is -0.466 e. The van der Waals surface area contributed by atoms with Crippen molar-refractivity contribution in [3.8, 4) is 0 Å². The number of carbonyl (C=O) groups excluding carboxylic acids is 1. The molecule has 0 saturated heterocycles. The van der Waals surface area contributed by atoms with Crippen LogP contribution < -0.4 is 5.32 Å². The van der Waals surface area contributed by atoms with Crippen LogP contribution in [0.5, 0.6) is 0 Å². The van der Waals surface area contributed by atoms with Crippen LogP contribution in [0.3, 0.4) is 0 Å². The summed E-state index contributed by atoms with van der Waals surface area (Å²) in [5.74, 6) is 0.479. The Morgan fingerprint density at radius 2 is 1.92 bits per heavy atom. The Labute approximate surface area is 74.5 Å². The molecule has 0 rings (SSSR count). The van der Waals surface area contributed by atoms with Crippen LogP contribution in [0.1, 0.15) is 27.7 Å². The van der Waals surface area contributed by atoms with Gasteiger partial charge in [0.15, 0.2) is 0 Å². The quantitative estimate of drug-likeness (QED) is 0.613. The van der Waals surface area contributed by atoms with Gasteiger partial charge >= 0.3 is 0 Å². The molecule has 0 radical (unpaired) electrons. The highest BCUT2D eigenvalue weighted by molar-refractivity contribution is 5.36. The minimum absolute atomic E-state index is 0.259. The van der Waals surface area contributed by atoms with Gasteiger partial charge in [-0.1, -0.05) is 27.7 Å². The van der Waals surface area contributed by atoms with Crippen molar-refractivity contribution in [3.63, 3.8) is 0 Å². The second-order valence-corrected chi connectivity index (χ2v) is 3.60. The molecule has 0 fully saturated rings. The molecule has 0 amide bonds. The van der Waals surface area contributed by atoms with Crippen LogP contribution in [-0.4, -0.2) is 25.2 Å². The van der Waals surface area contributed by atoms with E-state index < -0.39 is 0 Å². The second-order valence-electron chi connectivity index (χ2n) is 3.60. The molecule has 0 aliphatic heterocycles. The molecule has 0 aromatic carbocycles. The molecular formula is C9H19NO2. The van der Waals surface area contributed by atoms with Crippen LogP contribution in [0.2, 0.25) is 0 Å². The van der Waals surface area contributed by atoms with E-state index in [2.05, 4.69) is 33.0 Å². The van der Waals surface area contributed by atoms with E-state index in [1.807, 2.05) is 0 Å². The van der Waals surface area contributed by atoms with E-state index in [0.717, 1.165) is 0 Å². The van der Waals surface area contributed by atoms with E-state index in [9.17, 15) is 4.79 Å². The number of nitrogens with one attached hydrogen (secondary N) is 1. The van der Waals surface area contributed by atoms with Gasteiger partial charge in [0.05, 0.1) is 0 Å². The van der Waals surface area contributed by atoms with Crippen molar-refractivity contribution < 1.29 is 9.53 Å². The first-order valence-electron chi connectivity index (χ1n) is 4.39. The molecule has 1 atom stereocenters. The van der Waals surface area contributed by atoms with E-state index in [-0.39, 0.29) is 6.04 Å². The van der Waals surface area contributed by atoms with Crippen LogP contribution in [0.25, 0.3) is 0 Å². The highest BCUT2D eigenvalue weighted by atomic mass is 16.5. The van der Waals surface area contributed by atoms with E-state index in [1.54, 1.807) is 0 Å². The molecule has 0 aromatic rings. The van der Waals surface area contributed by atoms with Crippen LogP contribution in [0, 0.1) is 5.92 Å². The summed E-state index contributed by atoms with van der Waals surface area (Å²) in [5, 5.41) is 3.33. The molecule has 0 bridgehead atoms. The zero-order valence-electron chi connectivity index (χ0n) is 8.33. The molecule has 1 N–H and O–H groups in total. The number of carbonyl (C=O) groups is 1. The monoisotopic (exact) mass is 173 g/mol. The number of hydrogen-bond donors (Lipinski definition) is 1. The van der Waals surface area contributed by atoms with Gasteiger partial charge in [-0.15, -0.1) is 0 Å². The summed E-state index contributed by atoms with van der Waals surface area (Å²) in [6, 6.07) is 0.683. The molecule has 0 saturated carbocycles. The molecule has 0 heterocycles. The Bertz CT molecular complexity index is 124. The summed E-state index contributed by atoms with van der Waals surface area (Å²) >= 11 is 0. The minimum atomic E-state index is 0.259. The van der Waals surface area contributed by atoms with Gasteiger partial charge in [0.1, 0.15) is 6.61 Å². The average Bonchev–Trinajstić information content (AvgIpc) is 1.96. The molecule has 72 valence electrons. The standard InChI is InChI=1S/C9H19NO2/c1-7(2)9(5-12-6-11)10-8(3)4/h6-10H,5H2,1-4H3/t9-/m0/s1. The van der Waals surface area contributed by atoms with Crippen molar-refractivity contribution in [2.24, 2.45) is 5.92 Å². The first-order valence-corrected chi connectivity index (χ1v) is 4.39. The summed E-state index contributed by atoms with van der Waals surface area (Å²) in [4.78, 5) is 9.97. The lowest BCUT2D eigenvalue weighted by Crippen LogP contribution is -2.41. The highest BCUT2D eigenvalue weighted by Crippen LogP contribution is 2.02. The van der Waals surface area contributed by atoms with Crippen LogP contribution in [0.15, 0.2) is 0 Å². The van der Waals surface area contributed by atoms with Gasteiger partial charge in [0.25, 0.3) is 6.47 Å². The Morgan fingerprint density at radius 1 is 1.33 bits per heavy atom. The van der Waals surface area contributed by atoms with Crippen LogP contribution >= 0.6 is 0 Å². The van der Waals surface area contributed by atoms with Gasteiger partial charge < -0.3 is 10.1 Å². The molecule has 3 heteroatoms. The fourth-order valence-corrected chi connectivity index (χ4v) is 1.00. The Morgan fingerprint density at radius 3 is 2.25 bits per heavy atom. The summed E-state index contributed by atoms with van der Waals surface area (Å²) < 4.78 is 4.71. The largest absolute Gasteiger partial charge is 0.466 e. The topological polar surface area (TPSA) is 38.3 Å². The van der Waals surface area contributed by atoms with Gasteiger partial charge in [-0.3, -0.25) is 4.79 Å². The predicted molar refractivity (Wildman–Crippen MR) is 48.9 cm³/mol. The van der Waals surface area contributed by atoms with E-state index >= 15 is 0 Å². The van der Waals surface area contributed by atoms with Gasteiger partial charge in [-0.05, 0) is 5.92 Å². The third-order valence-corrected chi connectivity index (χ3v) is 1.70. The lowest BCUT2D eigenvalue weighted by atomic mass is 10.0. The maximum Gasteiger partial charge on any atom is 0.293 e. The maximum atomic E-state index is 9.97. The third-order valence-electron chi connectivity index (χ3n) is 1.70. The Kier molecular flexibility index (Phi) is 5.72. The Balaban J connectivity index is 3.77. The summed E-state index contributed by atoms with van der Waals surface area (Å²) in [7, 11) is 0. The van der Waals surface area contributed by atoms with Gasteiger partial charge in [-0.2, -0.15) is 0 Å². The first-order chi connectivity index (χ1) is 5.57. The molecule has 0 aromatic heterocycles. The van der Waals surface area contributed by atoms with Gasteiger partial charge in [-0.25, -0.2) is 0 Å². The van der Waals surface area contributed by atoms with E-state index in [4.69, 9.17) is 4.74 Å². The van der Waals surface area contributed by atoms with Crippen molar-refractivity contribution in [1.29, 1.82) is 0 Å². The lowest BCUT2D eigenvalue weighted by Gasteiger charge is -2.23. The fraction of sp³-hybridized carbons (Fsp3) is 0.889. The van der Waals surface area contributed by atoms with Gasteiger partial charge in [0, 0.05) is 12.1 Å². The summed E-state index contributed by atoms with van der Waals surface area (Å²) in [6.07, 6.45) is 0. The first kappa shape index (κ1) is 11.4. The van der Waals surface area contributed by atoms with Crippen molar-refractivity contribution in [2.45, 2.75) is 39.8 Å². The molecule has 12 heavy (non-hydrogen) atoms. The van der Waals surface area contributed by atoms with Gasteiger partial charge in [0.2, 0.25) is 0 Å². The van der Waals surface area contributed by atoms with Crippen molar-refractivity contribution in [1.82, 2.24) is 5.32 Å². The molecule has 0 unspecified atom stereocenters. The lowest BCUT2D eigenvalue weighted by molar-refractivity contribution is -0.129. The third kappa shape index (κ3) is 5.13. The zero-order chi connectivity index (χ0) is 9.56. The van der Waals surface area contributed by atoms with Crippen LogP contribution in [-0.2, 0) is 9.53 Å². The average molecular weight is 173 g/mol. The summed E-state index contributed by atoms with van der Waals surface area (Å²) in [5.41, 5.74) is 0. The summed E-state index contributed by atoms with van der Waals surface area (Å²) in [6.45, 7) is 9.33. The number of hydrogen-bond acceptors (Lipinski definition) is 3. The smallest absolute Gasteiger partial charge is 0.293 e. The van der Waals surface area contributed by atoms with E-state index in [1.165, 1.54) is 0 Å². The number of rotatable bonds is 6. The highest BCUT2D eigenvalue weighted by Gasteiger charge is 2.13. The normalized spacial score (nSPS) is 13.5. The predicted octanol–water partition coefficient (Wildman–Crippen LogP) is 1.18.